The molecule has 0 aliphatic rings. The Kier molecular flexibility index (Phi) is 2.17. The van der Waals surface area contributed by atoms with Gasteiger partial charge < -0.3 is 5.11 Å². The van der Waals surface area contributed by atoms with Gasteiger partial charge in [-0.3, -0.25) is 9.78 Å². The number of carbonyl (C=O) groups is 1. The van der Waals surface area contributed by atoms with Crippen LogP contribution in [0.25, 0.3) is 10.9 Å². The number of carboxylic acids is 1. The molecule has 2 aromatic rings. The third kappa shape index (κ3) is 1.57. The van der Waals surface area contributed by atoms with Crippen LogP contribution in [0.2, 0.25) is 5.28 Å². The Morgan fingerprint density at radius 2 is 2.20 bits per heavy atom. The van der Waals surface area contributed by atoms with Gasteiger partial charge in [0.25, 0.3) is 5.56 Å². The second kappa shape index (κ2) is 3.36. The highest BCUT2D eigenvalue weighted by Crippen LogP contribution is 2.13. The third-order valence-electron chi connectivity index (χ3n) is 1.94. The maximum atomic E-state index is 11.5. The molecule has 5 nitrogen and oxygen atoms in total. The highest BCUT2D eigenvalue weighted by atomic mass is 35.5. The molecule has 0 unspecified atom stereocenters. The molecule has 0 atom stereocenters. The van der Waals surface area contributed by atoms with Crippen molar-refractivity contribution in [2.24, 2.45) is 0 Å². The predicted molar refractivity (Wildman–Crippen MR) is 54.3 cm³/mol. The van der Waals surface area contributed by atoms with Crippen molar-refractivity contribution in [2.75, 3.05) is 0 Å². The van der Waals surface area contributed by atoms with Crippen LogP contribution >= 0.6 is 11.6 Å². The van der Waals surface area contributed by atoms with E-state index in [2.05, 4.69) is 9.97 Å². The van der Waals surface area contributed by atoms with E-state index in [0.29, 0.717) is 0 Å². The summed E-state index contributed by atoms with van der Waals surface area (Å²) in [4.78, 5) is 28.4. The summed E-state index contributed by atoms with van der Waals surface area (Å²) in [6.07, 6.45) is 0. The molecule has 0 fully saturated rings. The van der Waals surface area contributed by atoms with Gasteiger partial charge in [-0.25, -0.2) is 9.78 Å². The minimum atomic E-state index is -1.17. The number of hydrogen-bond acceptors (Lipinski definition) is 3. The molecule has 1 heterocycles. The molecule has 0 saturated heterocycles. The molecule has 0 aliphatic heterocycles. The fourth-order valence-electron chi connectivity index (χ4n) is 1.34. The number of aromatic carboxylic acids is 1. The van der Waals surface area contributed by atoms with Gasteiger partial charge in [-0.15, -0.1) is 0 Å². The molecule has 6 heteroatoms. The normalized spacial score (nSPS) is 10.5. The van der Waals surface area contributed by atoms with Crippen LogP contribution in [0.3, 0.4) is 0 Å². The van der Waals surface area contributed by atoms with Crippen LogP contribution in [0, 0.1) is 0 Å². The molecule has 0 aliphatic carbocycles. The number of rotatable bonds is 1. The summed E-state index contributed by atoms with van der Waals surface area (Å²) in [5.74, 6) is -1.17. The highest BCUT2D eigenvalue weighted by molar-refractivity contribution is 6.28. The van der Waals surface area contributed by atoms with Crippen molar-refractivity contribution in [3.63, 3.8) is 0 Å². The Morgan fingerprint density at radius 3 is 2.87 bits per heavy atom. The van der Waals surface area contributed by atoms with Crippen molar-refractivity contribution in [1.29, 1.82) is 0 Å². The first kappa shape index (κ1) is 9.67. The van der Waals surface area contributed by atoms with Gasteiger partial charge in [-0.2, -0.15) is 0 Å². The standard InChI is InChI=1S/C9H5ClN2O3/c10-9-11-5-3-1-2-4(8(14)15)6(5)7(13)12-9/h1-3H,(H,14,15)(H,11,12,13). The fourth-order valence-corrected chi connectivity index (χ4v) is 1.52. The van der Waals surface area contributed by atoms with Crippen LogP contribution in [-0.4, -0.2) is 21.0 Å². The third-order valence-corrected chi connectivity index (χ3v) is 2.11. The molecule has 0 spiro atoms. The minimum Gasteiger partial charge on any atom is -0.478 e. The number of benzene rings is 1. The summed E-state index contributed by atoms with van der Waals surface area (Å²) in [5, 5.41) is 8.84. The maximum absolute atomic E-state index is 11.5. The second-order valence-corrected chi connectivity index (χ2v) is 3.22. The molecule has 1 aromatic carbocycles. The smallest absolute Gasteiger partial charge is 0.336 e. The highest BCUT2D eigenvalue weighted by Gasteiger charge is 2.12. The van der Waals surface area contributed by atoms with Gasteiger partial charge in [0.15, 0.2) is 0 Å². The average Bonchev–Trinajstić information content (AvgIpc) is 2.16. The number of aromatic nitrogens is 2. The van der Waals surface area contributed by atoms with Crippen LogP contribution in [0.1, 0.15) is 10.4 Å². The molecule has 76 valence electrons. The first-order valence-corrected chi connectivity index (χ1v) is 4.39. The van der Waals surface area contributed by atoms with E-state index in [0.717, 1.165) is 0 Å². The van der Waals surface area contributed by atoms with E-state index in [-0.39, 0.29) is 21.7 Å². The van der Waals surface area contributed by atoms with Crippen LogP contribution < -0.4 is 5.56 Å². The fraction of sp³-hybridized carbons (Fsp3) is 0. The zero-order valence-corrected chi connectivity index (χ0v) is 8.08. The van der Waals surface area contributed by atoms with E-state index in [1.165, 1.54) is 18.2 Å². The van der Waals surface area contributed by atoms with Gasteiger partial charge in [-0.1, -0.05) is 6.07 Å². The number of halogens is 1. The first-order valence-electron chi connectivity index (χ1n) is 4.01. The molecule has 0 saturated carbocycles. The van der Waals surface area contributed by atoms with E-state index >= 15 is 0 Å². The van der Waals surface area contributed by atoms with Crippen molar-refractivity contribution < 1.29 is 9.90 Å². The molecular formula is C9H5ClN2O3. The molecular weight excluding hydrogens is 220 g/mol. The van der Waals surface area contributed by atoms with Crippen LogP contribution in [0.5, 0.6) is 0 Å². The quantitative estimate of drug-likeness (QED) is 0.715. The molecule has 0 radical (unpaired) electrons. The maximum Gasteiger partial charge on any atom is 0.336 e. The summed E-state index contributed by atoms with van der Waals surface area (Å²) in [5.41, 5.74) is -0.371. The van der Waals surface area contributed by atoms with E-state index < -0.39 is 11.5 Å². The molecule has 1 aromatic heterocycles. The van der Waals surface area contributed by atoms with E-state index in [1.807, 2.05) is 0 Å². The predicted octanol–water partition coefficient (Wildman–Crippen LogP) is 1.27. The lowest BCUT2D eigenvalue weighted by atomic mass is 10.1. The monoisotopic (exact) mass is 224 g/mol. The van der Waals surface area contributed by atoms with Crippen LogP contribution in [0.4, 0.5) is 0 Å². The lowest BCUT2D eigenvalue weighted by molar-refractivity contribution is 0.0699. The second-order valence-electron chi connectivity index (χ2n) is 2.86. The first-order chi connectivity index (χ1) is 7.09. The van der Waals surface area contributed by atoms with Crippen molar-refractivity contribution in [1.82, 2.24) is 9.97 Å². The van der Waals surface area contributed by atoms with Gasteiger partial charge >= 0.3 is 5.97 Å². The molecule has 0 amide bonds. The van der Waals surface area contributed by atoms with Gasteiger partial charge in [0, 0.05) is 0 Å². The number of nitrogens with zero attached hydrogens (tertiary/aromatic N) is 1. The van der Waals surface area contributed by atoms with Crippen LogP contribution in [0.15, 0.2) is 23.0 Å². The summed E-state index contributed by atoms with van der Waals surface area (Å²) in [6, 6.07) is 4.38. The van der Waals surface area contributed by atoms with Gasteiger partial charge in [-0.05, 0) is 23.7 Å². The van der Waals surface area contributed by atoms with E-state index in [1.54, 1.807) is 0 Å². The molecule has 2 N–H and O–H groups in total. The van der Waals surface area contributed by atoms with Crippen molar-refractivity contribution in [3.05, 3.63) is 39.4 Å². The Hall–Kier alpha value is -1.88. The minimum absolute atomic E-state index is 0.0365. The van der Waals surface area contributed by atoms with E-state index in [9.17, 15) is 9.59 Å². The van der Waals surface area contributed by atoms with Gasteiger partial charge in [0.2, 0.25) is 5.28 Å². The van der Waals surface area contributed by atoms with Gasteiger partial charge in [0.05, 0.1) is 16.5 Å². The lowest BCUT2D eigenvalue weighted by Crippen LogP contribution is -2.12. The Bertz CT molecular complexity index is 606. The molecule has 2 rings (SSSR count). The summed E-state index contributed by atoms with van der Waals surface area (Å²) >= 11 is 5.54. The lowest BCUT2D eigenvalue weighted by Gasteiger charge is -2.00. The van der Waals surface area contributed by atoms with Crippen LogP contribution in [-0.2, 0) is 0 Å². The number of H-pyrrole nitrogens is 1. The SMILES string of the molecule is O=C(O)c1cccc2nc(Cl)[nH]c(=O)c12. The van der Waals surface area contributed by atoms with Crippen molar-refractivity contribution in [3.8, 4) is 0 Å². The number of aromatic amines is 1. The topological polar surface area (TPSA) is 83.0 Å². The number of hydrogen-bond donors (Lipinski definition) is 2. The molecule has 15 heavy (non-hydrogen) atoms. The number of nitrogens with one attached hydrogen (secondary N) is 1. The van der Waals surface area contributed by atoms with Gasteiger partial charge in [0.1, 0.15) is 0 Å². The summed E-state index contributed by atoms with van der Waals surface area (Å²) < 4.78 is 0. The number of fused-ring (bicyclic) bond motifs is 1. The Balaban J connectivity index is 2.98. The van der Waals surface area contributed by atoms with E-state index in [4.69, 9.17) is 16.7 Å². The average molecular weight is 225 g/mol. The summed E-state index contributed by atoms with van der Waals surface area (Å²) in [7, 11) is 0. The molecule has 0 bridgehead atoms. The zero-order chi connectivity index (χ0) is 11.0. The summed E-state index contributed by atoms with van der Waals surface area (Å²) in [6.45, 7) is 0. The zero-order valence-electron chi connectivity index (χ0n) is 7.32. The van der Waals surface area contributed by atoms with Crippen molar-refractivity contribution >= 4 is 28.5 Å². The Labute approximate surface area is 88.3 Å². The van der Waals surface area contributed by atoms with Crippen molar-refractivity contribution in [2.45, 2.75) is 0 Å². The number of carboxylic acid groups (broad SMARTS) is 1. The Morgan fingerprint density at radius 1 is 1.47 bits per heavy atom. The largest absolute Gasteiger partial charge is 0.478 e.